The van der Waals surface area contributed by atoms with Crippen LogP contribution in [0.15, 0.2) is 97.1 Å². The van der Waals surface area contributed by atoms with Crippen molar-refractivity contribution in [2.24, 2.45) is 0 Å². The van der Waals surface area contributed by atoms with Gasteiger partial charge in [0.2, 0.25) is 5.91 Å². The Morgan fingerprint density at radius 1 is 0.725 bits per heavy atom. The first kappa shape index (κ1) is 36.4. The smallest absolute Gasteiger partial charge is 0.407 e. The highest BCUT2D eigenvalue weighted by molar-refractivity contribution is 6.02. The number of amides is 4. The second-order valence-corrected chi connectivity index (χ2v) is 12.3. The number of unbranched alkanes of at least 4 members (excludes halogenated alkanes) is 2. The van der Waals surface area contributed by atoms with E-state index in [0.29, 0.717) is 25.9 Å². The zero-order valence-electron chi connectivity index (χ0n) is 28.7. The SMILES string of the molecule is CCCCNC(=O)c1cccc(NC(=O)[C@H](CCCCNC(=O)OCc2ccccc2)NC(=O)OCC2c3ccccc3-c3ccccc32)c1O. The topological polar surface area (TPSA) is 155 Å². The zero-order valence-corrected chi connectivity index (χ0v) is 28.7. The fraction of sp³-hybridized carbons (Fsp3) is 0.300. The van der Waals surface area contributed by atoms with Gasteiger partial charge in [0.05, 0.1) is 11.3 Å². The van der Waals surface area contributed by atoms with E-state index in [1.807, 2.05) is 85.8 Å². The van der Waals surface area contributed by atoms with Gasteiger partial charge in [0.1, 0.15) is 19.3 Å². The highest BCUT2D eigenvalue weighted by Gasteiger charge is 2.30. The van der Waals surface area contributed by atoms with E-state index in [4.69, 9.17) is 9.47 Å². The fourth-order valence-electron chi connectivity index (χ4n) is 6.01. The van der Waals surface area contributed by atoms with Crippen LogP contribution in [0, 0.1) is 0 Å². The lowest BCUT2D eigenvalue weighted by Gasteiger charge is -2.20. The van der Waals surface area contributed by atoms with Crippen LogP contribution < -0.4 is 21.3 Å². The number of anilines is 1. The number of aromatic hydroxyl groups is 1. The van der Waals surface area contributed by atoms with Crippen LogP contribution >= 0.6 is 0 Å². The molecule has 11 heteroatoms. The van der Waals surface area contributed by atoms with Crippen LogP contribution in [0.2, 0.25) is 0 Å². The number of nitrogens with one attached hydrogen (secondary N) is 4. The Labute approximate surface area is 297 Å². The number of benzene rings is 4. The molecular weight excluding hydrogens is 648 g/mol. The average Bonchev–Trinajstić information content (AvgIpc) is 3.47. The van der Waals surface area contributed by atoms with Crippen LogP contribution in [-0.2, 0) is 20.9 Å². The molecule has 5 N–H and O–H groups in total. The Hall–Kier alpha value is -5.84. The van der Waals surface area contributed by atoms with Crippen molar-refractivity contribution in [2.45, 2.75) is 57.6 Å². The molecule has 5 rings (SSSR count). The average molecular weight is 693 g/mol. The van der Waals surface area contributed by atoms with Crippen molar-refractivity contribution in [1.29, 1.82) is 0 Å². The van der Waals surface area contributed by atoms with Gasteiger partial charge in [-0.05, 0) is 65.6 Å². The third kappa shape index (κ3) is 9.87. The van der Waals surface area contributed by atoms with E-state index in [9.17, 15) is 24.3 Å². The lowest BCUT2D eigenvalue weighted by Crippen LogP contribution is -2.44. The number of ether oxygens (including phenoxy) is 2. The van der Waals surface area contributed by atoms with Crippen LogP contribution in [0.25, 0.3) is 11.1 Å². The first-order valence-corrected chi connectivity index (χ1v) is 17.3. The number of phenols is 1. The maximum absolute atomic E-state index is 13.6. The standard InChI is InChI=1S/C40H44N4O7/c1-2-3-23-41-37(46)32-20-13-22-34(36(32)45)43-38(47)35(21-11-12-24-42-39(48)50-25-27-14-5-4-6-15-27)44-40(49)51-26-33-30-18-9-7-16-28(30)29-17-8-10-19-31(29)33/h4-10,13-20,22,33,35,45H,2-3,11-12,21,23-26H2,1H3,(H,41,46)(H,42,48)(H,43,47)(H,44,49)/t35-/m0/s1. The van der Waals surface area contributed by atoms with Crippen molar-refractivity contribution in [3.05, 3.63) is 119 Å². The minimum Gasteiger partial charge on any atom is -0.505 e. The van der Waals surface area contributed by atoms with E-state index in [1.54, 1.807) is 6.07 Å². The van der Waals surface area contributed by atoms with E-state index in [2.05, 4.69) is 21.3 Å². The number of alkyl carbamates (subject to hydrolysis) is 2. The number of hydrogen-bond acceptors (Lipinski definition) is 7. The summed E-state index contributed by atoms with van der Waals surface area (Å²) in [5.74, 6) is -1.60. The van der Waals surface area contributed by atoms with E-state index in [0.717, 1.165) is 40.7 Å². The minimum atomic E-state index is -1.05. The van der Waals surface area contributed by atoms with Gasteiger partial charge in [-0.15, -0.1) is 0 Å². The molecule has 0 unspecified atom stereocenters. The Morgan fingerprint density at radius 2 is 1.39 bits per heavy atom. The molecule has 0 aromatic heterocycles. The first-order valence-electron chi connectivity index (χ1n) is 17.3. The van der Waals surface area contributed by atoms with Gasteiger partial charge in [-0.3, -0.25) is 9.59 Å². The van der Waals surface area contributed by atoms with Crippen LogP contribution in [0.4, 0.5) is 15.3 Å². The highest BCUT2D eigenvalue weighted by Crippen LogP contribution is 2.44. The van der Waals surface area contributed by atoms with Crippen molar-refractivity contribution in [3.63, 3.8) is 0 Å². The largest absolute Gasteiger partial charge is 0.505 e. The number of carbonyl (C=O) groups is 4. The van der Waals surface area contributed by atoms with Gasteiger partial charge in [0.25, 0.3) is 5.91 Å². The van der Waals surface area contributed by atoms with E-state index >= 15 is 0 Å². The molecule has 4 aromatic rings. The Kier molecular flexibility index (Phi) is 13.0. The molecular formula is C40H44N4O7. The number of rotatable bonds is 16. The maximum atomic E-state index is 13.6. The summed E-state index contributed by atoms with van der Waals surface area (Å²) in [6.07, 6.45) is 1.51. The van der Waals surface area contributed by atoms with Crippen molar-refractivity contribution in [1.82, 2.24) is 16.0 Å². The molecule has 0 heterocycles. The summed E-state index contributed by atoms with van der Waals surface area (Å²) in [7, 11) is 0. The molecule has 1 atom stereocenters. The van der Waals surface area contributed by atoms with Gasteiger partial charge in [-0.25, -0.2) is 9.59 Å². The van der Waals surface area contributed by atoms with Crippen LogP contribution in [0.3, 0.4) is 0 Å². The lowest BCUT2D eigenvalue weighted by molar-refractivity contribution is -0.118. The van der Waals surface area contributed by atoms with Crippen molar-refractivity contribution in [3.8, 4) is 16.9 Å². The molecule has 1 aliphatic rings. The summed E-state index contributed by atoms with van der Waals surface area (Å²) in [6.45, 7) is 2.97. The predicted molar refractivity (Wildman–Crippen MR) is 194 cm³/mol. The molecule has 0 saturated heterocycles. The number of carbonyl (C=O) groups excluding carboxylic acids is 4. The molecule has 0 saturated carbocycles. The Morgan fingerprint density at radius 3 is 2.10 bits per heavy atom. The molecule has 0 spiro atoms. The number of para-hydroxylation sites is 1. The summed E-state index contributed by atoms with van der Waals surface area (Å²) >= 11 is 0. The van der Waals surface area contributed by atoms with Gasteiger partial charge >= 0.3 is 12.2 Å². The highest BCUT2D eigenvalue weighted by atomic mass is 16.6. The third-order valence-corrected chi connectivity index (χ3v) is 8.71. The van der Waals surface area contributed by atoms with Crippen molar-refractivity contribution in [2.75, 3.05) is 25.0 Å². The Bertz CT molecular complexity index is 1770. The fourth-order valence-corrected chi connectivity index (χ4v) is 6.01. The molecule has 51 heavy (non-hydrogen) atoms. The summed E-state index contributed by atoms with van der Waals surface area (Å²) in [5.41, 5.74) is 5.24. The zero-order chi connectivity index (χ0) is 36.0. The molecule has 0 fully saturated rings. The monoisotopic (exact) mass is 692 g/mol. The molecule has 0 aliphatic heterocycles. The molecule has 1 aliphatic carbocycles. The summed E-state index contributed by atoms with van der Waals surface area (Å²) in [5, 5.41) is 21.7. The quantitative estimate of drug-likeness (QED) is 0.0635. The normalized spacial score (nSPS) is 12.2. The first-order chi connectivity index (χ1) is 24.9. The van der Waals surface area contributed by atoms with Gasteiger partial charge in [-0.2, -0.15) is 0 Å². The second-order valence-electron chi connectivity index (χ2n) is 12.3. The molecule has 0 bridgehead atoms. The molecule has 4 aromatic carbocycles. The summed E-state index contributed by atoms with van der Waals surface area (Å²) in [6, 6.07) is 28.8. The van der Waals surface area contributed by atoms with E-state index in [1.165, 1.54) is 12.1 Å². The maximum Gasteiger partial charge on any atom is 0.407 e. The second kappa shape index (κ2) is 18.2. The van der Waals surface area contributed by atoms with Crippen molar-refractivity contribution >= 4 is 29.7 Å². The molecule has 0 radical (unpaired) electrons. The van der Waals surface area contributed by atoms with E-state index < -0.39 is 30.0 Å². The summed E-state index contributed by atoms with van der Waals surface area (Å²) in [4.78, 5) is 51.6. The predicted octanol–water partition coefficient (Wildman–Crippen LogP) is 6.86. The van der Waals surface area contributed by atoms with Crippen molar-refractivity contribution < 1.29 is 33.8 Å². The van der Waals surface area contributed by atoms with Crippen LogP contribution in [0.5, 0.6) is 5.75 Å². The van der Waals surface area contributed by atoms with Gasteiger partial charge in [0.15, 0.2) is 5.75 Å². The molecule has 4 amide bonds. The third-order valence-electron chi connectivity index (χ3n) is 8.71. The molecule has 11 nitrogen and oxygen atoms in total. The summed E-state index contributed by atoms with van der Waals surface area (Å²) < 4.78 is 11.0. The van der Waals surface area contributed by atoms with E-state index in [-0.39, 0.29) is 42.6 Å². The van der Waals surface area contributed by atoms with Gasteiger partial charge in [0, 0.05) is 19.0 Å². The Balaban J connectivity index is 1.20. The van der Waals surface area contributed by atoms with Gasteiger partial charge < -0.3 is 35.8 Å². The van der Waals surface area contributed by atoms with Crippen LogP contribution in [-0.4, -0.2) is 54.8 Å². The number of phenolic OH excluding ortho intramolecular Hbond substituents is 1. The number of hydrogen-bond donors (Lipinski definition) is 5. The van der Waals surface area contributed by atoms with Crippen LogP contribution in [0.1, 0.15) is 72.0 Å². The lowest BCUT2D eigenvalue weighted by atomic mass is 9.98. The van der Waals surface area contributed by atoms with Gasteiger partial charge in [-0.1, -0.05) is 98.3 Å². The number of fused-ring (bicyclic) bond motifs is 3. The molecule has 266 valence electrons. The minimum absolute atomic E-state index is 0.0233.